The van der Waals surface area contributed by atoms with E-state index in [1.165, 1.54) is 0 Å². The number of aromatic nitrogens is 3. The molecule has 8 heteroatoms. The average Bonchev–Trinajstić information content (AvgIpc) is 2.96. The van der Waals surface area contributed by atoms with Crippen molar-refractivity contribution in [3.05, 3.63) is 39.2 Å². The Morgan fingerprint density at radius 1 is 1.39 bits per heavy atom. The van der Waals surface area contributed by atoms with Gasteiger partial charge in [0.1, 0.15) is 0 Å². The lowest BCUT2D eigenvalue weighted by Gasteiger charge is -2.22. The van der Waals surface area contributed by atoms with Gasteiger partial charge in [-0.05, 0) is 53.8 Å². The van der Waals surface area contributed by atoms with E-state index in [1.807, 2.05) is 31.2 Å². The molecule has 2 heterocycles. The van der Waals surface area contributed by atoms with Crippen LogP contribution in [0.2, 0.25) is 0 Å². The molecule has 1 unspecified atom stereocenters. The van der Waals surface area contributed by atoms with Crippen LogP contribution in [0.15, 0.2) is 24.3 Å². The maximum absolute atomic E-state index is 12.3. The number of halogens is 1. The lowest BCUT2D eigenvalue weighted by molar-refractivity contribution is -0.0855. The van der Waals surface area contributed by atoms with Gasteiger partial charge in [-0.15, -0.1) is 5.10 Å². The quantitative estimate of drug-likeness (QED) is 0.744. The van der Waals surface area contributed by atoms with Crippen LogP contribution < -0.4 is 5.32 Å². The summed E-state index contributed by atoms with van der Waals surface area (Å²) in [6.45, 7) is 3.88. The SMILES string of the molecule is Cc1c(C(=O)NCC2COCCO2)nnn1-c1ccc(I)cc1. The summed E-state index contributed by atoms with van der Waals surface area (Å²) in [5.74, 6) is -0.256. The van der Waals surface area contributed by atoms with Gasteiger partial charge in [0.05, 0.1) is 37.3 Å². The van der Waals surface area contributed by atoms with Crippen molar-refractivity contribution in [3.8, 4) is 5.69 Å². The normalized spacial score (nSPS) is 17.9. The second-order valence-electron chi connectivity index (χ2n) is 5.19. The first kappa shape index (κ1) is 16.3. The van der Waals surface area contributed by atoms with Crippen LogP contribution in [0.25, 0.3) is 5.69 Å². The van der Waals surface area contributed by atoms with Gasteiger partial charge >= 0.3 is 0 Å². The Balaban J connectivity index is 1.68. The van der Waals surface area contributed by atoms with Crippen molar-refractivity contribution in [3.63, 3.8) is 0 Å². The molecule has 122 valence electrons. The predicted molar refractivity (Wildman–Crippen MR) is 91.7 cm³/mol. The number of benzene rings is 1. The van der Waals surface area contributed by atoms with Gasteiger partial charge in [0.25, 0.3) is 5.91 Å². The van der Waals surface area contributed by atoms with E-state index in [1.54, 1.807) is 4.68 Å². The van der Waals surface area contributed by atoms with Crippen LogP contribution in [0.5, 0.6) is 0 Å². The number of hydrogen-bond acceptors (Lipinski definition) is 5. The molecule has 1 aromatic carbocycles. The summed E-state index contributed by atoms with van der Waals surface area (Å²) in [7, 11) is 0. The highest BCUT2D eigenvalue weighted by molar-refractivity contribution is 14.1. The van der Waals surface area contributed by atoms with E-state index in [4.69, 9.17) is 9.47 Å². The molecule has 1 N–H and O–H groups in total. The highest BCUT2D eigenvalue weighted by Gasteiger charge is 2.20. The maximum Gasteiger partial charge on any atom is 0.273 e. The molecule has 0 saturated carbocycles. The molecule has 1 aliphatic heterocycles. The summed E-state index contributed by atoms with van der Waals surface area (Å²) in [6.07, 6.45) is -0.112. The lowest BCUT2D eigenvalue weighted by atomic mass is 10.2. The van der Waals surface area contributed by atoms with E-state index < -0.39 is 0 Å². The molecule has 2 aromatic rings. The van der Waals surface area contributed by atoms with Crippen molar-refractivity contribution >= 4 is 28.5 Å². The van der Waals surface area contributed by atoms with Gasteiger partial charge in [-0.3, -0.25) is 4.79 Å². The molecule has 7 nitrogen and oxygen atoms in total. The minimum Gasteiger partial charge on any atom is -0.376 e. The molecule has 1 atom stereocenters. The second-order valence-corrected chi connectivity index (χ2v) is 6.44. The molecule has 1 saturated heterocycles. The first-order chi connectivity index (χ1) is 11.1. The monoisotopic (exact) mass is 428 g/mol. The Bertz CT molecular complexity index is 681. The fourth-order valence-corrected chi connectivity index (χ4v) is 2.67. The molecule has 1 aliphatic rings. The van der Waals surface area contributed by atoms with Crippen LogP contribution in [0.1, 0.15) is 16.2 Å². The zero-order valence-corrected chi connectivity index (χ0v) is 14.8. The molecular weight excluding hydrogens is 411 g/mol. The minimum atomic E-state index is -0.256. The van der Waals surface area contributed by atoms with Crippen molar-refractivity contribution in [1.29, 1.82) is 0 Å². The van der Waals surface area contributed by atoms with Crippen molar-refractivity contribution in [1.82, 2.24) is 20.3 Å². The second kappa shape index (κ2) is 7.37. The van der Waals surface area contributed by atoms with Crippen molar-refractivity contribution < 1.29 is 14.3 Å². The van der Waals surface area contributed by atoms with Gasteiger partial charge in [0, 0.05) is 10.1 Å². The number of carbonyl (C=O) groups excluding carboxylic acids is 1. The number of ether oxygens (including phenoxy) is 2. The third kappa shape index (κ3) is 3.88. The highest BCUT2D eigenvalue weighted by atomic mass is 127. The Kier molecular flexibility index (Phi) is 5.23. The molecular formula is C15H17IN4O3. The Morgan fingerprint density at radius 3 is 2.87 bits per heavy atom. The number of amides is 1. The van der Waals surface area contributed by atoms with Gasteiger partial charge in [-0.2, -0.15) is 0 Å². The van der Waals surface area contributed by atoms with E-state index in [-0.39, 0.29) is 12.0 Å². The molecule has 23 heavy (non-hydrogen) atoms. The van der Waals surface area contributed by atoms with Gasteiger partial charge in [0.2, 0.25) is 0 Å². The Hall–Kier alpha value is -1.52. The molecule has 1 fully saturated rings. The molecule has 0 bridgehead atoms. The van der Waals surface area contributed by atoms with Crippen LogP contribution >= 0.6 is 22.6 Å². The van der Waals surface area contributed by atoms with Crippen LogP contribution in [-0.2, 0) is 9.47 Å². The number of rotatable bonds is 4. The fraction of sp³-hybridized carbons (Fsp3) is 0.400. The summed E-state index contributed by atoms with van der Waals surface area (Å²) in [4.78, 5) is 12.3. The maximum atomic E-state index is 12.3. The third-order valence-corrected chi connectivity index (χ3v) is 4.28. The zero-order chi connectivity index (χ0) is 16.2. The summed E-state index contributed by atoms with van der Waals surface area (Å²) >= 11 is 2.24. The largest absolute Gasteiger partial charge is 0.376 e. The number of hydrogen-bond donors (Lipinski definition) is 1. The van der Waals surface area contributed by atoms with Crippen LogP contribution in [0.3, 0.4) is 0 Å². The van der Waals surface area contributed by atoms with E-state index in [9.17, 15) is 4.79 Å². The Morgan fingerprint density at radius 2 is 2.17 bits per heavy atom. The summed E-state index contributed by atoms with van der Waals surface area (Å²) in [5, 5.41) is 10.9. The van der Waals surface area contributed by atoms with Crippen molar-refractivity contribution in [2.75, 3.05) is 26.4 Å². The van der Waals surface area contributed by atoms with Crippen molar-refractivity contribution in [2.24, 2.45) is 0 Å². The summed E-state index contributed by atoms with van der Waals surface area (Å²) in [6, 6.07) is 7.85. The molecule has 1 aromatic heterocycles. The van der Waals surface area contributed by atoms with Crippen LogP contribution in [0.4, 0.5) is 0 Å². The molecule has 3 rings (SSSR count). The topological polar surface area (TPSA) is 78.3 Å². The van der Waals surface area contributed by atoms with Gasteiger partial charge in [0.15, 0.2) is 5.69 Å². The highest BCUT2D eigenvalue weighted by Crippen LogP contribution is 2.14. The molecule has 0 radical (unpaired) electrons. The number of nitrogens with zero attached hydrogens (tertiary/aromatic N) is 3. The fourth-order valence-electron chi connectivity index (χ4n) is 2.31. The van der Waals surface area contributed by atoms with E-state index in [0.29, 0.717) is 37.8 Å². The third-order valence-electron chi connectivity index (χ3n) is 3.56. The summed E-state index contributed by atoms with van der Waals surface area (Å²) in [5.41, 5.74) is 1.89. The molecule has 1 amide bonds. The summed E-state index contributed by atoms with van der Waals surface area (Å²) < 4.78 is 13.6. The standard InChI is InChI=1S/C15H17IN4O3/c1-10-14(15(21)17-8-13-9-22-6-7-23-13)18-19-20(10)12-4-2-11(16)3-5-12/h2-5,13H,6-9H2,1H3,(H,17,21). The van der Waals surface area contributed by atoms with Gasteiger partial charge in [-0.1, -0.05) is 5.21 Å². The first-order valence-corrected chi connectivity index (χ1v) is 8.39. The van der Waals surface area contributed by atoms with Crippen LogP contribution in [0, 0.1) is 10.5 Å². The predicted octanol–water partition coefficient (Wildman–Crippen LogP) is 1.33. The molecule has 0 spiro atoms. The van der Waals surface area contributed by atoms with Crippen LogP contribution in [-0.4, -0.2) is 53.4 Å². The lowest BCUT2D eigenvalue weighted by Crippen LogP contribution is -2.40. The number of carbonyl (C=O) groups is 1. The van der Waals surface area contributed by atoms with Crippen molar-refractivity contribution in [2.45, 2.75) is 13.0 Å². The van der Waals surface area contributed by atoms with Gasteiger partial charge in [-0.25, -0.2) is 4.68 Å². The van der Waals surface area contributed by atoms with E-state index in [0.717, 1.165) is 9.26 Å². The first-order valence-electron chi connectivity index (χ1n) is 7.31. The average molecular weight is 428 g/mol. The molecule has 0 aliphatic carbocycles. The van der Waals surface area contributed by atoms with Gasteiger partial charge < -0.3 is 14.8 Å². The van der Waals surface area contributed by atoms with E-state index in [2.05, 4.69) is 38.2 Å². The zero-order valence-electron chi connectivity index (χ0n) is 12.7. The number of nitrogens with one attached hydrogen (secondary N) is 1. The smallest absolute Gasteiger partial charge is 0.273 e. The Labute approximate surface area is 147 Å². The van der Waals surface area contributed by atoms with E-state index >= 15 is 0 Å². The minimum absolute atomic E-state index is 0.112.